The second-order valence-electron chi connectivity index (χ2n) is 7.87. The first-order valence-electron chi connectivity index (χ1n) is 11.2. The lowest BCUT2D eigenvalue weighted by molar-refractivity contribution is -0.114. The molecule has 3 aromatic rings. The van der Waals surface area contributed by atoms with Gasteiger partial charge in [0, 0.05) is 20.3 Å². The largest absolute Gasteiger partial charge is 0.457 e. The van der Waals surface area contributed by atoms with Gasteiger partial charge in [-0.05, 0) is 55.0 Å². The van der Waals surface area contributed by atoms with Crippen LogP contribution in [0.25, 0.3) is 0 Å². The Balaban J connectivity index is 1.70. The predicted octanol–water partition coefficient (Wildman–Crippen LogP) is 3.65. The number of rotatable bonds is 12. The first-order chi connectivity index (χ1) is 17.3. The Labute approximate surface area is 211 Å². The number of ether oxygens (including phenoxy) is 2. The molecule has 2 amide bonds. The van der Waals surface area contributed by atoms with Crippen molar-refractivity contribution in [1.82, 2.24) is 5.32 Å². The molecule has 3 rings (SSSR count). The molecule has 0 bridgehead atoms. The zero-order chi connectivity index (χ0) is 26.0. The van der Waals surface area contributed by atoms with E-state index in [1.165, 1.54) is 0 Å². The number of carbonyl (C=O) groups excluding carboxylic acids is 2. The van der Waals surface area contributed by atoms with Gasteiger partial charge in [0.05, 0.1) is 23.2 Å². The molecule has 0 saturated carbocycles. The van der Waals surface area contributed by atoms with E-state index < -0.39 is 22.5 Å². The molecule has 0 unspecified atom stereocenters. The standard InChI is InChI=1S/C26H29N3O6S/c1-34-18-8-17-27-26(31)23-11-6-7-12-24(23)28-25(30)19-29(36(2,32)33)20-13-15-22(16-14-20)35-21-9-4-3-5-10-21/h3-7,9-16H,8,17-19H2,1-2H3,(H,27,31)(H,28,30). The van der Waals surface area contributed by atoms with Gasteiger partial charge in [0.2, 0.25) is 15.9 Å². The molecule has 9 nitrogen and oxygen atoms in total. The second-order valence-corrected chi connectivity index (χ2v) is 9.78. The van der Waals surface area contributed by atoms with E-state index in [-0.39, 0.29) is 17.2 Å². The Morgan fingerprint density at radius 3 is 2.19 bits per heavy atom. The molecule has 0 aromatic heterocycles. The lowest BCUT2D eigenvalue weighted by atomic mass is 10.1. The van der Waals surface area contributed by atoms with E-state index in [4.69, 9.17) is 9.47 Å². The third-order valence-electron chi connectivity index (χ3n) is 5.05. The number of benzene rings is 3. The van der Waals surface area contributed by atoms with Crippen molar-refractivity contribution in [2.45, 2.75) is 6.42 Å². The van der Waals surface area contributed by atoms with E-state index >= 15 is 0 Å². The van der Waals surface area contributed by atoms with Crippen LogP contribution in [0.15, 0.2) is 78.9 Å². The average Bonchev–Trinajstić information content (AvgIpc) is 2.86. The minimum atomic E-state index is -3.78. The van der Waals surface area contributed by atoms with E-state index in [2.05, 4.69) is 10.6 Å². The molecule has 0 heterocycles. The minimum absolute atomic E-state index is 0.275. The van der Waals surface area contributed by atoms with E-state index in [9.17, 15) is 18.0 Å². The summed E-state index contributed by atoms with van der Waals surface area (Å²) in [6, 6.07) is 22.1. The van der Waals surface area contributed by atoms with Crippen molar-refractivity contribution < 1.29 is 27.5 Å². The summed E-state index contributed by atoms with van der Waals surface area (Å²) in [5.74, 6) is 0.222. The zero-order valence-corrected chi connectivity index (χ0v) is 21.0. The number of methoxy groups -OCH3 is 1. The number of amides is 2. The third-order valence-corrected chi connectivity index (χ3v) is 6.19. The molecule has 36 heavy (non-hydrogen) atoms. The van der Waals surface area contributed by atoms with Crippen molar-refractivity contribution in [1.29, 1.82) is 0 Å². The van der Waals surface area contributed by atoms with Crippen LogP contribution in [0.4, 0.5) is 11.4 Å². The monoisotopic (exact) mass is 511 g/mol. The third kappa shape index (κ3) is 7.82. The van der Waals surface area contributed by atoms with E-state index in [1.807, 2.05) is 18.2 Å². The van der Waals surface area contributed by atoms with Crippen LogP contribution in [-0.2, 0) is 19.6 Å². The number of sulfonamides is 1. The van der Waals surface area contributed by atoms with Crippen molar-refractivity contribution in [3.63, 3.8) is 0 Å². The van der Waals surface area contributed by atoms with Crippen LogP contribution in [0.3, 0.4) is 0 Å². The van der Waals surface area contributed by atoms with Gasteiger partial charge in [-0.2, -0.15) is 0 Å². The Bertz CT molecular complexity index is 1260. The smallest absolute Gasteiger partial charge is 0.253 e. The first kappa shape index (κ1) is 26.7. The maximum absolute atomic E-state index is 12.8. The van der Waals surface area contributed by atoms with Gasteiger partial charge in [-0.25, -0.2) is 8.42 Å². The lowest BCUT2D eigenvalue weighted by Crippen LogP contribution is -2.37. The van der Waals surface area contributed by atoms with Crippen LogP contribution in [-0.4, -0.2) is 53.3 Å². The number of nitrogens with zero attached hydrogens (tertiary/aromatic N) is 1. The molecular weight excluding hydrogens is 482 g/mol. The molecule has 0 spiro atoms. The predicted molar refractivity (Wildman–Crippen MR) is 139 cm³/mol. The number of nitrogens with one attached hydrogen (secondary N) is 2. The SMILES string of the molecule is COCCCNC(=O)c1ccccc1NC(=O)CN(c1ccc(Oc2ccccc2)cc1)S(C)(=O)=O. The summed E-state index contributed by atoms with van der Waals surface area (Å²) >= 11 is 0. The average molecular weight is 512 g/mol. The van der Waals surface area contributed by atoms with Crippen LogP contribution in [0.5, 0.6) is 11.5 Å². The van der Waals surface area contributed by atoms with E-state index in [0.717, 1.165) is 10.6 Å². The zero-order valence-electron chi connectivity index (χ0n) is 20.1. The maximum atomic E-state index is 12.8. The topological polar surface area (TPSA) is 114 Å². The summed E-state index contributed by atoms with van der Waals surface area (Å²) in [7, 11) is -2.20. The van der Waals surface area contributed by atoms with Crippen LogP contribution in [0, 0.1) is 0 Å². The molecule has 0 radical (unpaired) electrons. The first-order valence-corrected chi connectivity index (χ1v) is 13.1. The van der Waals surface area contributed by atoms with Gasteiger partial charge in [-0.1, -0.05) is 30.3 Å². The Morgan fingerprint density at radius 2 is 1.53 bits per heavy atom. The second kappa shape index (κ2) is 12.7. The molecule has 2 N–H and O–H groups in total. The molecular formula is C26H29N3O6S. The quantitative estimate of drug-likeness (QED) is 0.359. The Morgan fingerprint density at radius 1 is 0.889 bits per heavy atom. The highest BCUT2D eigenvalue weighted by Crippen LogP contribution is 2.25. The highest BCUT2D eigenvalue weighted by Gasteiger charge is 2.22. The van der Waals surface area contributed by atoms with Crippen molar-refractivity contribution in [3.8, 4) is 11.5 Å². The van der Waals surface area contributed by atoms with E-state index in [1.54, 1.807) is 67.8 Å². The summed E-state index contributed by atoms with van der Waals surface area (Å²) in [5, 5.41) is 5.43. The fourth-order valence-electron chi connectivity index (χ4n) is 3.33. The van der Waals surface area contributed by atoms with Crippen molar-refractivity contribution in [2.24, 2.45) is 0 Å². The number of hydrogen-bond donors (Lipinski definition) is 2. The van der Waals surface area contributed by atoms with Gasteiger partial charge in [0.25, 0.3) is 5.91 Å². The van der Waals surface area contributed by atoms with Gasteiger partial charge in [0.1, 0.15) is 18.0 Å². The normalized spacial score (nSPS) is 10.9. The number of hydrogen-bond acceptors (Lipinski definition) is 6. The van der Waals surface area contributed by atoms with Gasteiger partial charge < -0.3 is 20.1 Å². The molecule has 3 aromatic carbocycles. The summed E-state index contributed by atoms with van der Waals surface area (Å²) in [6.45, 7) is 0.460. The van der Waals surface area contributed by atoms with E-state index in [0.29, 0.717) is 36.8 Å². The van der Waals surface area contributed by atoms with Crippen LogP contribution < -0.4 is 19.7 Å². The molecule has 0 aliphatic carbocycles. The maximum Gasteiger partial charge on any atom is 0.253 e. The van der Waals surface area contributed by atoms with Gasteiger partial charge in [0.15, 0.2) is 0 Å². The minimum Gasteiger partial charge on any atom is -0.457 e. The van der Waals surface area contributed by atoms with Crippen LogP contribution >= 0.6 is 0 Å². The van der Waals surface area contributed by atoms with Crippen molar-refractivity contribution >= 4 is 33.2 Å². The highest BCUT2D eigenvalue weighted by molar-refractivity contribution is 7.92. The number of para-hydroxylation sites is 2. The molecule has 190 valence electrons. The van der Waals surface area contributed by atoms with Gasteiger partial charge in [-0.15, -0.1) is 0 Å². The molecule has 0 aliphatic heterocycles. The van der Waals surface area contributed by atoms with Crippen LogP contribution in [0.2, 0.25) is 0 Å². The van der Waals surface area contributed by atoms with Crippen molar-refractivity contribution in [2.75, 3.05) is 42.7 Å². The van der Waals surface area contributed by atoms with Gasteiger partial charge in [-0.3, -0.25) is 13.9 Å². The van der Waals surface area contributed by atoms with Gasteiger partial charge >= 0.3 is 0 Å². The fraction of sp³-hybridized carbons (Fsp3) is 0.231. The summed E-state index contributed by atoms with van der Waals surface area (Å²) < 4.78 is 36.7. The van der Waals surface area contributed by atoms with Crippen molar-refractivity contribution in [3.05, 3.63) is 84.4 Å². The Hall–Kier alpha value is -3.89. The summed E-state index contributed by atoms with van der Waals surface area (Å²) in [4.78, 5) is 25.4. The van der Waals surface area contributed by atoms with Crippen LogP contribution in [0.1, 0.15) is 16.8 Å². The summed E-state index contributed by atoms with van der Waals surface area (Å²) in [5.41, 5.74) is 0.862. The molecule has 10 heteroatoms. The molecule has 0 aliphatic rings. The lowest BCUT2D eigenvalue weighted by Gasteiger charge is -2.22. The number of anilines is 2. The highest BCUT2D eigenvalue weighted by atomic mass is 32.2. The molecule has 0 saturated heterocycles. The Kier molecular flexibility index (Phi) is 9.43. The summed E-state index contributed by atoms with van der Waals surface area (Å²) in [6.07, 6.45) is 1.67. The molecule has 0 atom stereocenters. The fourth-order valence-corrected chi connectivity index (χ4v) is 4.19. The molecule has 0 fully saturated rings. The number of carbonyl (C=O) groups is 2.